The Hall–Kier alpha value is -0.670. The molecule has 0 bridgehead atoms. The number of Topliss-reactive ketones (excluding diaryl/α,β-unsaturated/α-hetero) is 1. The van der Waals surface area contributed by atoms with Crippen molar-refractivity contribution in [1.82, 2.24) is 0 Å². The summed E-state index contributed by atoms with van der Waals surface area (Å²) in [5.41, 5.74) is 2.40. The molecule has 0 spiro atoms. The monoisotopic (exact) mass is 252 g/mol. The number of hydrogen-bond donors (Lipinski definition) is 0. The number of allylic oxidation sites excluding steroid dienone is 2. The molecule has 2 rings (SSSR count). The van der Waals surface area contributed by atoms with E-state index in [1.165, 1.54) is 5.57 Å². The maximum atomic E-state index is 11.8. The van der Waals surface area contributed by atoms with Crippen LogP contribution in [-0.4, -0.2) is 25.3 Å². The van der Waals surface area contributed by atoms with Crippen molar-refractivity contribution in [3.63, 3.8) is 0 Å². The molecule has 2 aliphatic carbocycles. The van der Waals surface area contributed by atoms with Gasteiger partial charge < -0.3 is 9.47 Å². The molecule has 0 amide bonds. The Labute approximate surface area is 110 Å². The largest absolute Gasteiger partial charge is 0.353 e. The van der Waals surface area contributed by atoms with Crippen LogP contribution < -0.4 is 0 Å². The van der Waals surface area contributed by atoms with Crippen molar-refractivity contribution in [2.75, 3.05) is 13.7 Å². The van der Waals surface area contributed by atoms with Gasteiger partial charge in [-0.15, -0.1) is 0 Å². The Kier molecular flexibility index (Phi) is 3.65. The lowest BCUT2D eigenvalue weighted by Gasteiger charge is -2.48. The lowest BCUT2D eigenvalue weighted by atomic mass is 9.62. The van der Waals surface area contributed by atoms with Gasteiger partial charge in [0.2, 0.25) is 0 Å². The molecule has 2 atom stereocenters. The second kappa shape index (κ2) is 4.78. The predicted molar refractivity (Wildman–Crippen MR) is 70.3 cm³/mol. The molecule has 1 saturated carbocycles. The van der Waals surface area contributed by atoms with E-state index in [0.29, 0.717) is 18.8 Å². The van der Waals surface area contributed by atoms with Gasteiger partial charge in [-0.3, -0.25) is 4.79 Å². The lowest BCUT2D eigenvalue weighted by Crippen LogP contribution is -2.46. The van der Waals surface area contributed by atoms with Crippen LogP contribution in [0, 0.1) is 5.41 Å². The van der Waals surface area contributed by atoms with E-state index in [4.69, 9.17) is 9.47 Å². The Balaban J connectivity index is 2.31. The van der Waals surface area contributed by atoms with Crippen LogP contribution >= 0.6 is 0 Å². The highest BCUT2D eigenvalue weighted by molar-refractivity contribution is 5.96. The minimum Gasteiger partial charge on any atom is -0.353 e. The number of carbonyl (C=O) groups excluding carboxylic acids is 1. The second-order valence-corrected chi connectivity index (χ2v) is 5.81. The number of ketones is 1. The number of ether oxygens (including phenoxy) is 2. The summed E-state index contributed by atoms with van der Waals surface area (Å²) in [5, 5.41) is 0. The van der Waals surface area contributed by atoms with E-state index in [0.717, 1.165) is 31.3 Å². The standard InChI is InChI=1S/C15H24O3/c1-5-18-15(17-4)9-6-12-11(2)13(16)7-8-14(12,3)10-15/h5-10H2,1-4H3. The van der Waals surface area contributed by atoms with Crippen LogP contribution in [0.25, 0.3) is 0 Å². The zero-order valence-corrected chi connectivity index (χ0v) is 12.0. The summed E-state index contributed by atoms with van der Waals surface area (Å²) in [5.74, 6) is -0.128. The molecule has 3 heteroatoms. The quantitative estimate of drug-likeness (QED) is 0.723. The molecule has 0 N–H and O–H groups in total. The fraction of sp³-hybridized carbons (Fsp3) is 0.800. The molecule has 0 aromatic carbocycles. The lowest BCUT2D eigenvalue weighted by molar-refractivity contribution is -0.247. The maximum absolute atomic E-state index is 11.8. The molecule has 0 heterocycles. The molecule has 2 unspecified atom stereocenters. The fourth-order valence-electron chi connectivity index (χ4n) is 3.65. The van der Waals surface area contributed by atoms with Crippen LogP contribution in [0.15, 0.2) is 11.1 Å². The van der Waals surface area contributed by atoms with Crippen molar-refractivity contribution in [3.05, 3.63) is 11.1 Å². The van der Waals surface area contributed by atoms with Crippen LogP contribution in [0.3, 0.4) is 0 Å². The summed E-state index contributed by atoms with van der Waals surface area (Å²) in [4.78, 5) is 11.8. The summed E-state index contributed by atoms with van der Waals surface area (Å²) in [7, 11) is 1.73. The smallest absolute Gasteiger partial charge is 0.169 e. The van der Waals surface area contributed by atoms with Crippen LogP contribution in [-0.2, 0) is 14.3 Å². The third-order valence-electron chi connectivity index (χ3n) is 4.70. The zero-order chi connectivity index (χ0) is 13.4. The van der Waals surface area contributed by atoms with Gasteiger partial charge in [0.05, 0.1) is 0 Å². The molecule has 2 aliphatic rings. The van der Waals surface area contributed by atoms with Crippen molar-refractivity contribution in [3.8, 4) is 0 Å². The van der Waals surface area contributed by atoms with Gasteiger partial charge in [-0.05, 0) is 37.7 Å². The SMILES string of the molecule is CCOC1(OC)CCC2=C(C)C(=O)CCC2(C)C1. The van der Waals surface area contributed by atoms with Gasteiger partial charge in [0.1, 0.15) is 0 Å². The number of methoxy groups -OCH3 is 1. The molecule has 0 aromatic rings. The van der Waals surface area contributed by atoms with E-state index < -0.39 is 5.79 Å². The molecule has 0 saturated heterocycles. The first-order valence-corrected chi connectivity index (χ1v) is 6.89. The van der Waals surface area contributed by atoms with Gasteiger partial charge in [0.25, 0.3) is 0 Å². The van der Waals surface area contributed by atoms with Gasteiger partial charge >= 0.3 is 0 Å². The fourth-order valence-corrected chi connectivity index (χ4v) is 3.65. The molecule has 0 aromatic heterocycles. The normalized spacial score (nSPS) is 36.8. The number of hydrogen-bond acceptors (Lipinski definition) is 3. The molecule has 102 valence electrons. The van der Waals surface area contributed by atoms with E-state index in [1.807, 2.05) is 13.8 Å². The molecule has 0 aliphatic heterocycles. The van der Waals surface area contributed by atoms with Gasteiger partial charge in [-0.25, -0.2) is 0 Å². The van der Waals surface area contributed by atoms with E-state index in [1.54, 1.807) is 7.11 Å². The third kappa shape index (κ3) is 2.14. The zero-order valence-electron chi connectivity index (χ0n) is 12.0. The highest BCUT2D eigenvalue weighted by Crippen LogP contribution is 2.52. The average Bonchev–Trinajstić information content (AvgIpc) is 2.34. The average molecular weight is 252 g/mol. The predicted octanol–water partition coefficient (Wildman–Crippen LogP) is 3.24. The number of fused-ring (bicyclic) bond motifs is 1. The van der Waals surface area contributed by atoms with E-state index in [9.17, 15) is 4.79 Å². The van der Waals surface area contributed by atoms with E-state index >= 15 is 0 Å². The Morgan fingerprint density at radius 3 is 2.61 bits per heavy atom. The Morgan fingerprint density at radius 2 is 2.00 bits per heavy atom. The van der Waals surface area contributed by atoms with E-state index in [2.05, 4.69) is 6.92 Å². The minimum absolute atomic E-state index is 0.0709. The van der Waals surface area contributed by atoms with Crippen molar-refractivity contribution in [2.24, 2.45) is 5.41 Å². The first-order valence-electron chi connectivity index (χ1n) is 6.89. The molecular weight excluding hydrogens is 228 g/mol. The molecule has 3 nitrogen and oxygen atoms in total. The maximum Gasteiger partial charge on any atom is 0.169 e. The van der Waals surface area contributed by atoms with Crippen molar-refractivity contribution < 1.29 is 14.3 Å². The Morgan fingerprint density at radius 1 is 1.28 bits per heavy atom. The van der Waals surface area contributed by atoms with Gasteiger partial charge in [0, 0.05) is 33.0 Å². The van der Waals surface area contributed by atoms with Crippen molar-refractivity contribution in [1.29, 1.82) is 0 Å². The topological polar surface area (TPSA) is 35.5 Å². The van der Waals surface area contributed by atoms with Crippen LogP contribution in [0.5, 0.6) is 0 Å². The molecule has 18 heavy (non-hydrogen) atoms. The molecule has 1 fully saturated rings. The first-order chi connectivity index (χ1) is 8.46. The Bertz CT molecular complexity index is 385. The van der Waals surface area contributed by atoms with Crippen molar-refractivity contribution in [2.45, 2.75) is 58.7 Å². The second-order valence-electron chi connectivity index (χ2n) is 5.81. The first kappa shape index (κ1) is 13.8. The van der Waals surface area contributed by atoms with Gasteiger partial charge in [-0.2, -0.15) is 0 Å². The highest BCUT2D eigenvalue weighted by Gasteiger charge is 2.48. The summed E-state index contributed by atoms with van der Waals surface area (Å²) in [6, 6.07) is 0. The molecule has 0 radical (unpaired) electrons. The summed E-state index contributed by atoms with van der Waals surface area (Å²) >= 11 is 0. The minimum atomic E-state index is -0.451. The van der Waals surface area contributed by atoms with Gasteiger partial charge in [0.15, 0.2) is 11.6 Å². The summed E-state index contributed by atoms with van der Waals surface area (Å²) in [6.07, 6.45) is 4.23. The molecular formula is C15H24O3. The van der Waals surface area contributed by atoms with Crippen molar-refractivity contribution >= 4 is 5.78 Å². The summed E-state index contributed by atoms with van der Waals surface area (Å²) in [6.45, 7) is 6.91. The van der Waals surface area contributed by atoms with Gasteiger partial charge in [-0.1, -0.05) is 12.5 Å². The van der Waals surface area contributed by atoms with Crippen LogP contribution in [0.1, 0.15) is 52.9 Å². The van der Waals surface area contributed by atoms with Crippen LogP contribution in [0.4, 0.5) is 0 Å². The third-order valence-corrected chi connectivity index (χ3v) is 4.70. The summed E-state index contributed by atoms with van der Waals surface area (Å²) < 4.78 is 11.5. The van der Waals surface area contributed by atoms with Crippen LogP contribution in [0.2, 0.25) is 0 Å². The number of rotatable bonds is 3. The van der Waals surface area contributed by atoms with E-state index in [-0.39, 0.29) is 5.41 Å². The number of carbonyl (C=O) groups is 1. The highest BCUT2D eigenvalue weighted by atomic mass is 16.7.